The Morgan fingerprint density at radius 3 is 2.23 bits per heavy atom. The fourth-order valence-corrected chi connectivity index (χ4v) is 10.8. The van der Waals surface area contributed by atoms with Crippen molar-refractivity contribution in [3.63, 3.8) is 0 Å². The first-order valence-corrected chi connectivity index (χ1v) is 25.8. The summed E-state index contributed by atoms with van der Waals surface area (Å²) in [6.45, 7) is 5.65. The van der Waals surface area contributed by atoms with Crippen molar-refractivity contribution in [3.05, 3.63) is 150 Å². The van der Waals surface area contributed by atoms with Gasteiger partial charge in [-0.2, -0.15) is 0 Å². The van der Waals surface area contributed by atoms with Gasteiger partial charge in [-0.15, -0.1) is 18.3 Å². The molecule has 1 amide bonds. The standard InChI is InChI=1S/C56H70N2O11S/c1-2-30-67-56-52(58(26-31-63-32-29-61)55(62)66-34-33-64-40-42-16-6-3-7-17-42)39-50(57-68-41-43-18-8-4-9-19-43)48-37-44(20-12-14-27-59)47(23-13-15-28-60)53(54(48)56)49-38-45(24-25-51(49)69-56)65-35-36-70-46-21-10-5-11-22-46/h2-11,16-19,21-22,24-25,37-38,44,47,52-54,59-61H,1,12-15,20,23,26-36,39-41H2/t44-,47+,52-,53+,54+,56+/m0/s1. The number of amides is 1. The Kier molecular flexibility index (Phi) is 21.1. The normalized spacial score (nSPS) is 21.7. The molecule has 3 N–H and O–H groups in total. The molecule has 2 aliphatic carbocycles. The van der Waals surface area contributed by atoms with Gasteiger partial charge in [-0.25, -0.2) is 4.79 Å². The largest absolute Gasteiger partial charge is 0.493 e. The van der Waals surface area contributed by atoms with Gasteiger partial charge in [-0.1, -0.05) is 109 Å². The van der Waals surface area contributed by atoms with Crippen LogP contribution in [0.15, 0.2) is 144 Å². The highest BCUT2D eigenvalue weighted by Crippen LogP contribution is 2.62. The Morgan fingerprint density at radius 2 is 1.51 bits per heavy atom. The summed E-state index contributed by atoms with van der Waals surface area (Å²) < 4.78 is 38.8. The summed E-state index contributed by atoms with van der Waals surface area (Å²) in [5, 5.41) is 34.7. The number of benzene rings is 4. The number of ether oxygens (including phenoxy) is 6. The molecule has 0 radical (unpaired) electrons. The molecule has 14 heteroatoms. The number of fused-ring (bicyclic) bond motifs is 2. The van der Waals surface area contributed by atoms with Crippen LogP contribution in [0.2, 0.25) is 0 Å². The summed E-state index contributed by atoms with van der Waals surface area (Å²) in [5.74, 6) is -0.120. The highest BCUT2D eigenvalue weighted by Gasteiger charge is 2.65. The van der Waals surface area contributed by atoms with Crippen LogP contribution in [-0.4, -0.2) is 116 Å². The molecule has 0 aromatic heterocycles. The van der Waals surface area contributed by atoms with Crippen LogP contribution in [0, 0.1) is 17.8 Å². The van der Waals surface area contributed by atoms with E-state index < -0.39 is 23.8 Å². The maximum atomic E-state index is 14.8. The van der Waals surface area contributed by atoms with Gasteiger partial charge in [0.15, 0.2) is 0 Å². The third-order valence-corrected chi connectivity index (χ3v) is 14.1. The summed E-state index contributed by atoms with van der Waals surface area (Å²) in [6.07, 6.45) is 8.08. The Bertz CT molecular complexity index is 2250. The Balaban J connectivity index is 1.32. The van der Waals surface area contributed by atoms with Crippen LogP contribution in [0.5, 0.6) is 11.5 Å². The van der Waals surface area contributed by atoms with E-state index in [9.17, 15) is 20.1 Å². The Labute approximate surface area is 417 Å². The number of carbonyl (C=O) groups excluding carboxylic acids is 1. The zero-order valence-corrected chi connectivity index (χ0v) is 41.0. The number of unbranched alkanes of at least 4 members (excludes halogenated alkanes) is 2. The van der Waals surface area contributed by atoms with E-state index >= 15 is 0 Å². The van der Waals surface area contributed by atoms with Gasteiger partial charge in [-0.05, 0) is 84.6 Å². The van der Waals surface area contributed by atoms with Crippen molar-refractivity contribution < 1.29 is 53.4 Å². The number of thioether (sulfide) groups is 1. The van der Waals surface area contributed by atoms with Gasteiger partial charge in [0.1, 0.15) is 30.8 Å². The van der Waals surface area contributed by atoms with E-state index in [1.54, 1.807) is 22.7 Å². The van der Waals surface area contributed by atoms with Crippen molar-refractivity contribution in [2.24, 2.45) is 22.9 Å². The summed E-state index contributed by atoms with van der Waals surface area (Å²) in [5.41, 5.74) is 4.50. The molecule has 3 aliphatic rings. The zero-order valence-electron chi connectivity index (χ0n) is 40.2. The average molecular weight is 979 g/mol. The quantitative estimate of drug-likeness (QED) is 0.0197. The molecule has 6 atom stereocenters. The maximum Gasteiger partial charge on any atom is 0.410 e. The molecule has 7 rings (SSSR count). The highest BCUT2D eigenvalue weighted by molar-refractivity contribution is 7.99. The molecule has 13 nitrogen and oxygen atoms in total. The van der Waals surface area contributed by atoms with Crippen LogP contribution < -0.4 is 9.47 Å². The van der Waals surface area contributed by atoms with Gasteiger partial charge in [-0.3, -0.25) is 4.90 Å². The van der Waals surface area contributed by atoms with E-state index in [4.69, 9.17) is 38.4 Å². The number of nitrogens with zero attached hydrogens (tertiary/aromatic N) is 2. The number of rotatable bonds is 30. The molecular weight excluding hydrogens is 909 g/mol. The zero-order chi connectivity index (χ0) is 48.8. The molecule has 0 bridgehead atoms. The molecule has 0 saturated heterocycles. The van der Waals surface area contributed by atoms with Crippen molar-refractivity contribution in [1.29, 1.82) is 0 Å². The molecule has 4 aromatic carbocycles. The van der Waals surface area contributed by atoms with Crippen LogP contribution in [-0.2, 0) is 37.0 Å². The third-order valence-electron chi connectivity index (χ3n) is 13.1. The molecular formula is C56H70N2O11S. The van der Waals surface area contributed by atoms with Crippen LogP contribution in [0.1, 0.15) is 67.6 Å². The van der Waals surface area contributed by atoms with Gasteiger partial charge in [0.05, 0.1) is 57.9 Å². The molecule has 4 aromatic rings. The van der Waals surface area contributed by atoms with Gasteiger partial charge in [0.25, 0.3) is 0 Å². The van der Waals surface area contributed by atoms with Crippen molar-refractivity contribution in [3.8, 4) is 11.5 Å². The van der Waals surface area contributed by atoms with Crippen molar-refractivity contribution in [1.82, 2.24) is 4.90 Å². The van der Waals surface area contributed by atoms with Gasteiger partial charge in [0.2, 0.25) is 5.79 Å². The number of allylic oxidation sites excluding steroid dienone is 1. The highest BCUT2D eigenvalue weighted by atomic mass is 32.2. The molecule has 1 aliphatic heterocycles. The first kappa shape index (κ1) is 52.6. The van der Waals surface area contributed by atoms with E-state index in [-0.39, 0.29) is 90.2 Å². The van der Waals surface area contributed by atoms with Crippen molar-refractivity contribution in [2.75, 3.05) is 71.8 Å². The van der Waals surface area contributed by atoms with E-state index in [0.29, 0.717) is 43.3 Å². The summed E-state index contributed by atoms with van der Waals surface area (Å²) in [4.78, 5) is 23.8. The second-order valence-corrected chi connectivity index (χ2v) is 18.9. The molecule has 376 valence electrons. The lowest BCUT2D eigenvalue weighted by atomic mass is 9.55. The topological polar surface area (TPSA) is 158 Å². The molecule has 70 heavy (non-hydrogen) atoms. The van der Waals surface area contributed by atoms with Crippen LogP contribution in [0.4, 0.5) is 4.79 Å². The Morgan fingerprint density at radius 1 is 0.800 bits per heavy atom. The predicted octanol–water partition coefficient (Wildman–Crippen LogP) is 9.36. The first-order chi connectivity index (χ1) is 34.5. The number of oxime groups is 1. The van der Waals surface area contributed by atoms with Crippen LogP contribution in [0.3, 0.4) is 0 Å². The fourth-order valence-electron chi connectivity index (χ4n) is 10.1. The monoisotopic (exact) mass is 978 g/mol. The predicted molar refractivity (Wildman–Crippen MR) is 271 cm³/mol. The fraction of sp³-hybridized carbons (Fsp3) is 0.464. The molecule has 0 spiro atoms. The van der Waals surface area contributed by atoms with Crippen molar-refractivity contribution in [2.45, 2.75) is 80.8 Å². The smallest absolute Gasteiger partial charge is 0.410 e. The van der Waals surface area contributed by atoms with Gasteiger partial charge < -0.3 is 48.6 Å². The van der Waals surface area contributed by atoms with E-state index in [1.165, 1.54) is 4.90 Å². The summed E-state index contributed by atoms with van der Waals surface area (Å²) >= 11 is 1.74. The summed E-state index contributed by atoms with van der Waals surface area (Å²) in [6, 6.07) is 35.1. The van der Waals surface area contributed by atoms with Crippen LogP contribution in [0.25, 0.3) is 0 Å². The number of carbonyl (C=O) groups is 1. The minimum absolute atomic E-state index is 0.00991. The summed E-state index contributed by atoms with van der Waals surface area (Å²) in [7, 11) is 0. The lowest BCUT2D eigenvalue weighted by Crippen LogP contribution is -2.70. The Hall–Kier alpha value is -5.19. The second-order valence-electron chi connectivity index (χ2n) is 17.7. The maximum absolute atomic E-state index is 14.8. The van der Waals surface area contributed by atoms with Crippen LogP contribution >= 0.6 is 11.8 Å². The van der Waals surface area contributed by atoms with Gasteiger partial charge >= 0.3 is 6.09 Å². The third kappa shape index (κ3) is 14.0. The number of hydrogen-bond donors (Lipinski definition) is 3. The first-order valence-electron chi connectivity index (χ1n) is 24.8. The number of aliphatic hydroxyl groups excluding tert-OH is 3. The molecule has 1 saturated carbocycles. The SMILES string of the molecule is C=CCO[C@@]12Oc3ccc(OCCSc4ccccc4)cc3[C@H]3[C@H](CCCCO)[C@@H](CCCCO)C=C(C(=NOCc4ccccc4)C[C@@H]1N(CCOCCO)C(=O)OCCOCc1ccccc1)[C@H]32. The van der Waals surface area contributed by atoms with E-state index in [2.05, 4.69) is 30.9 Å². The molecule has 1 fully saturated rings. The lowest BCUT2D eigenvalue weighted by molar-refractivity contribution is -0.256. The molecule has 0 unspecified atom stereocenters. The minimum atomic E-state index is -1.50. The number of hydrogen-bond acceptors (Lipinski definition) is 13. The van der Waals surface area contributed by atoms with E-state index in [1.807, 2.05) is 91.0 Å². The second kappa shape index (κ2) is 28.0. The lowest BCUT2D eigenvalue weighted by Gasteiger charge is -2.59. The van der Waals surface area contributed by atoms with Gasteiger partial charge in [0, 0.05) is 48.3 Å². The van der Waals surface area contributed by atoms with E-state index in [0.717, 1.165) is 53.7 Å². The van der Waals surface area contributed by atoms with Crippen molar-refractivity contribution >= 4 is 23.6 Å². The molecule has 1 heterocycles. The average Bonchev–Trinajstić information content (AvgIpc) is 3.39. The number of aliphatic hydroxyl groups is 3. The minimum Gasteiger partial charge on any atom is -0.493 e.